The number of hydrogen-bond acceptors (Lipinski definition) is 2. The molecule has 2 rings (SSSR count). The molecule has 0 aliphatic carbocycles. The quantitative estimate of drug-likeness (QED) is 0.693. The van der Waals surface area contributed by atoms with Gasteiger partial charge in [-0.05, 0) is 34.7 Å². The summed E-state index contributed by atoms with van der Waals surface area (Å²) >= 11 is 13.8. The normalized spacial score (nSPS) is 10.7. The van der Waals surface area contributed by atoms with E-state index in [2.05, 4.69) is 32.6 Å². The zero-order valence-electron chi connectivity index (χ0n) is 6.26. The van der Waals surface area contributed by atoms with Crippen molar-refractivity contribution in [3.63, 3.8) is 0 Å². The first-order valence-corrected chi connectivity index (χ1v) is 5.27. The van der Waals surface area contributed by atoms with Gasteiger partial charge in [0.1, 0.15) is 5.15 Å². The highest BCUT2D eigenvalue weighted by Gasteiger charge is 2.02. The Morgan fingerprint density at radius 1 is 1.15 bits per heavy atom. The molecule has 0 amide bonds. The van der Waals surface area contributed by atoms with E-state index in [9.17, 15) is 0 Å². The SMILES string of the molecule is Clc1cnc2cc(Cl)c(I)cc2n1. The van der Waals surface area contributed by atoms with Crippen molar-refractivity contribution in [1.29, 1.82) is 0 Å². The molecule has 0 radical (unpaired) electrons. The largest absolute Gasteiger partial charge is 0.251 e. The van der Waals surface area contributed by atoms with E-state index in [1.54, 1.807) is 6.07 Å². The fourth-order valence-electron chi connectivity index (χ4n) is 0.986. The lowest BCUT2D eigenvalue weighted by Gasteiger charge is -1.99. The van der Waals surface area contributed by atoms with Crippen LogP contribution in [0.1, 0.15) is 0 Å². The fourth-order valence-corrected chi connectivity index (χ4v) is 1.73. The minimum atomic E-state index is 0.394. The van der Waals surface area contributed by atoms with Crippen molar-refractivity contribution in [2.24, 2.45) is 0 Å². The minimum Gasteiger partial charge on any atom is -0.251 e. The van der Waals surface area contributed by atoms with Gasteiger partial charge in [0, 0.05) is 3.57 Å². The Morgan fingerprint density at radius 2 is 1.92 bits per heavy atom. The molecule has 0 N–H and O–H groups in total. The third-order valence-corrected chi connectivity index (χ3v) is 3.26. The van der Waals surface area contributed by atoms with Crippen molar-refractivity contribution in [2.75, 3.05) is 0 Å². The molecule has 66 valence electrons. The molecule has 0 fully saturated rings. The average Bonchev–Trinajstić information content (AvgIpc) is 2.08. The maximum Gasteiger partial charge on any atom is 0.148 e. The van der Waals surface area contributed by atoms with Gasteiger partial charge in [0.05, 0.1) is 22.3 Å². The molecule has 1 aromatic carbocycles. The second-order valence-electron chi connectivity index (χ2n) is 2.45. The molecule has 0 bridgehead atoms. The Hall–Kier alpha value is -0.130. The smallest absolute Gasteiger partial charge is 0.148 e. The number of aromatic nitrogens is 2. The van der Waals surface area contributed by atoms with Crippen molar-refractivity contribution in [2.45, 2.75) is 0 Å². The Labute approximate surface area is 98.4 Å². The van der Waals surface area contributed by atoms with Crippen molar-refractivity contribution < 1.29 is 0 Å². The summed E-state index contributed by atoms with van der Waals surface area (Å²) < 4.78 is 0.948. The summed E-state index contributed by atoms with van der Waals surface area (Å²) in [4.78, 5) is 8.22. The first-order valence-electron chi connectivity index (χ1n) is 3.44. The van der Waals surface area contributed by atoms with Gasteiger partial charge >= 0.3 is 0 Å². The molecule has 0 saturated carbocycles. The summed E-state index contributed by atoms with van der Waals surface area (Å²) in [6.45, 7) is 0. The van der Waals surface area contributed by atoms with Crippen LogP contribution < -0.4 is 0 Å². The molecular formula is C8H3Cl2IN2. The minimum absolute atomic E-state index is 0.394. The van der Waals surface area contributed by atoms with Gasteiger partial charge in [-0.2, -0.15) is 0 Å². The monoisotopic (exact) mass is 324 g/mol. The first-order chi connectivity index (χ1) is 6.16. The van der Waals surface area contributed by atoms with Gasteiger partial charge in [-0.3, -0.25) is 4.98 Å². The number of nitrogens with zero attached hydrogens (tertiary/aromatic N) is 2. The van der Waals surface area contributed by atoms with Gasteiger partial charge in [-0.1, -0.05) is 23.2 Å². The number of fused-ring (bicyclic) bond motifs is 1. The van der Waals surface area contributed by atoms with Crippen LogP contribution in [0.3, 0.4) is 0 Å². The summed E-state index contributed by atoms with van der Waals surface area (Å²) in [6, 6.07) is 3.64. The average molecular weight is 325 g/mol. The number of halogens is 3. The van der Waals surface area contributed by atoms with Crippen LogP contribution in [0.4, 0.5) is 0 Å². The van der Waals surface area contributed by atoms with E-state index in [1.807, 2.05) is 6.07 Å². The Kier molecular flexibility index (Phi) is 2.58. The summed E-state index contributed by atoms with van der Waals surface area (Å²) in [6.07, 6.45) is 1.51. The van der Waals surface area contributed by atoms with E-state index in [0.29, 0.717) is 10.2 Å². The van der Waals surface area contributed by atoms with Crippen LogP contribution in [0, 0.1) is 3.57 Å². The predicted molar refractivity (Wildman–Crippen MR) is 62.3 cm³/mol. The number of benzene rings is 1. The van der Waals surface area contributed by atoms with Crippen LogP contribution in [-0.4, -0.2) is 9.97 Å². The lowest BCUT2D eigenvalue weighted by molar-refractivity contribution is 1.29. The Balaban J connectivity index is 2.81. The van der Waals surface area contributed by atoms with E-state index in [4.69, 9.17) is 23.2 Å². The van der Waals surface area contributed by atoms with Crippen LogP contribution in [0.5, 0.6) is 0 Å². The zero-order valence-corrected chi connectivity index (χ0v) is 9.93. The molecule has 0 spiro atoms. The molecule has 0 atom stereocenters. The summed E-state index contributed by atoms with van der Waals surface area (Å²) in [5.74, 6) is 0. The zero-order chi connectivity index (χ0) is 9.42. The van der Waals surface area contributed by atoms with Gasteiger partial charge in [0.2, 0.25) is 0 Å². The van der Waals surface area contributed by atoms with Crippen LogP contribution >= 0.6 is 45.8 Å². The maximum atomic E-state index is 5.92. The third-order valence-electron chi connectivity index (χ3n) is 1.55. The van der Waals surface area contributed by atoms with E-state index in [0.717, 1.165) is 14.6 Å². The van der Waals surface area contributed by atoms with E-state index < -0.39 is 0 Å². The van der Waals surface area contributed by atoms with Crippen LogP contribution in [0.25, 0.3) is 11.0 Å². The van der Waals surface area contributed by atoms with Gasteiger partial charge < -0.3 is 0 Å². The maximum absolute atomic E-state index is 5.92. The molecule has 1 aromatic heterocycles. The second kappa shape index (κ2) is 3.55. The molecule has 2 aromatic rings. The molecule has 0 aliphatic rings. The van der Waals surface area contributed by atoms with Crippen LogP contribution in [0.15, 0.2) is 18.3 Å². The van der Waals surface area contributed by atoms with Crippen molar-refractivity contribution in [3.05, 3.63) is 32.1 Å². The molecular weight excluding hydrogens is 322 g/mol. The lowest BCUT2D eigenvalue weighted by atomic mass is 10.3. The molecule has 1 heterocycles. The van der Waals surface area contributed by atoms with Gasteiger partial charge in [-0.15, -0.1) is 0 Å². The molecule has 0 unspecified atom stereocenters. The third kappa shape index (κ3) is 1.87. The number of rotatable bonds is 0. The lowest BCUT2D eigenvalue weighted by Crippen LogP contribution is -1.85. The topological polar surface area (TPSA) is 25.8 Å². The Morgan fingerprint density at radius 3 is 2.69 bits per heavy atom. The number of hydrogen-bond donors (Lipinski definition) is 0. The van der Waals surface area contributed by atoms with Crippen molar-refractivity contribution in [1.82, 2.24) is 9.97 Å². The van der Waals surface area contributed by atoms with Crippen molar-refractivity contribution >= 4 is 56.8 Å². The van der Waals surface area contributed by atoms with E-state index >= 15 is 0 Å². The highest BCUT2D eigenvalue weighted by Crippen LogP contribution is 2.23. The summed E-state index contributed by atoms with van der Waals surface area (Å²) in [5, 5.41) is 1.08. The summed E-state index contributed by atoms with van der Waals surface area (Å²) in [7, 11) is 0. The Bertz CT molecular complexity index is 473. The second-order valence-corrected chi connectivity index (χ2v) is 4.40. The molecule has 2 nitrogen and oxygen atoms in total. The van der Waals surface area contributed by atoms with Crippen LogP contribution in [0.2, 0.25) is 10.2 Å². The molecule has 0 saturated heterocycles. The summed E-state index contributed by atoms with van der Waals surface area (Å²) in [5.41, 5.74) is 1.52. The highest BCUT2D eigenvalue weighted by atomic mass is 127. The van der Waals surface area contributed by atoms with Crippen molar-refractivity contribution in [3.8, 4) is 0 Å². The van der Waals surface area contributed by atoms with E-state index in [-0.39, 0.29) is 0 Å². The van der Waals surface area contributed by atoms with Gasteiger partial charge in [0.15, 0.2) is 0 Å². The van der Waals surface area contributed by atoms with E-state index in [1.165, 1.54) is 6.20 Å². The van der Waals surface area contributed by atoms with Gasteiger partial charge in [0.25, 0.3) is 0 Å². The van der Waals surface area contributed by atoms with Crippen LogP contribution in [-0.2, 0) is 0 Å². The van der Waals surface area contributed by atoms with Gasteiger partial charge in [-0.25, -0.2) is 4.98 Å². The predicted octanol–water partition coefficient (Wildman–Crippen LogP) is 3.54. The molecule has 13 heavy (non-hydrogen) atoms. The fraction of sp³-hybridized carbons (Fsp3) is 0. The molecule has 0 aliphatic heterocycles. The molecule has 5 heteroatoms. The first kappa shape index (κ1) is 9.43. The highest BCUT2D eigenvalue weighted by molar-refractivity contribution is 14.1. The standard InChI is InChI=1S/C8H3Cl2IN2/c9-4-1-6-7(2-5(4)11)13-8(10)3-12-6/h1-3H.